The Morgan fingerprint density at radius 2 is 2.29 bits per heavy atom. The first-order valence-corrected chi connectivity index (χ1v) is 5.03. The van der Waals surface area contributed by atoms with Crippen molar-refractivity contribution in [1.82, 2.24) is 0 Å². The second-order valence-electron chi connectivity index (χ2n) is 2.65. The van der Waals surface area contributed by atoms with E-state index in [9.17, 15) is 4.79 Å². The van der Waals surface area contributed by atoms with Crippen LogP contribution in [0.3, 0.4) is 0 Å². The van der Waals surface area contributed by atoms with E-state index in [0.29, 0.717) is 15.2 Å². The van der Waals surface area contributed by atoms with Crippen LogP contribution < -0.4 is 4.74 Å². The molecule has 0 spiro atoms. The van der Waals surface area contributed by atoms with Crippen LogP contribution >= 0.6 is 27.5 Å². The second-order valence-corrected chi connectivity index (χ2v) is 3.85. The average molecular weight is 280 g/mol. The molecule has 1 atom stereocenters. The summed E-state index contributed by atoms with van der Waals surface area (Å²) in [5, 5.41) is 9.12. The van der Waals surface area contributed by atoms with Gasteiger partial charge in [0.15, 0.2) is 6.10 Å². The molecule has 1 unspecified atom stereocenters. The van der Waals surface area contributed by atoms with Gasteiger partial charge < -0.3 is 9.84 Å². The van der Waals surface area contributed by atoms with Crippen LogP contribution in [-0.4, -0.2) is 17.2 Å². The summed E-state index contributed by atoms with van der Waals surface area (Å²) < 4.78 is 5.72. The van der Waals surface area contributed by atoms with E-state index in [2.05, 4.69) is 15.9 Å². The third kappa shape index (κ3) is 2.62. The Bertz CT molecular complexity index is 354. The van der Waals surface area contributed by atoms with Crippen LogP contribution in [0.5, 0.6) is 5.75 Å². The Labute approximate surface area is 94.8 Å². The van der Waals surface area contributed by atoms with Crippen LogP contribution in [0.4, 0.5) is 0 Å². The monoisotopic (exact) mass is 278 g/mol. The topological polar surface area (TPSA) is 46.5 Å². The van der Waals surface area contributed by atoms with Gasteiger partial charge in [0.2, 0.25) is 0 Å². The molecular formula is C9H8BrClO3. The molecule has 1 aromatic rings. The van der Waals surface area contributed by atoms with Crippen molar-refractivity contribution >= 4 is 33.5 Å². The van der Waals surface area contributed by atoms with Gasteiger partial charge in [0.05, 0.1) is 9.50 Å². The first-order valence-electron chi connectivity index (χ1n) is 3.86. The molecule has 0 aliphatic rings. The zero-order valence-corrected chi connectivity index (χ0v) is 9.67. The minimum absolute atomic E-state index is 0.424. The molecule has 0 saturated heterocycles. The number of benzene rings is 1. The molecule has 5 heteroatoms. The number of ether oxygens (including phenoxy) is 1. The van der Waals surface area contributed by atoms with Crippen molar-refractivity contribution in [2.24, 2.45) is 0 Å². The van der Waals surface area contributed by atoms with E-state index < -0.39 is 12.1 Å². The van der Waals surface area contributed by atoms with Gasteiger partial charge in [-0.2, -0.15) is 0 Å². The molecule has 0 aliphatic heterocycles. The van der Waals surface area contributed by atoms with Gasteiger partial charge in [-0.25, -0.2) is 4.79 Å². The van der Waals surface area contributed by atoms with Crippen LogP contribution in [0, 0.1) is 0 Å². The van der Waals surface area contributed by atoms with Crippen LogP contribution in [0.15, 0.2) is 22.7 Å². The molecule has 14 heavy (non-hydrogen) atoms. The maximum atomic E-state index is 10.5. The maximum absolute atomic E-state index is 10.5. The SMILES string of the molecule is CC(Oc1cccc(Cl)c1Br)C(=O)O. The molecule has 0 saturated carbocycles. The third-order valence-electron chi connectivity index (χ3n) is 1.57. The zero-order chi connectivity index (χ0) is 10.7. The molecule has 1 aromatic carbocycles. The fraction of sp³-hybridized carbons (Fsp3) is 0.222. The number of aliphatic carboxylic acids is 1. The number of rotatable bonds is 3. The molecule has 1 rings (SSSR count). The van der Waals surface area contributed by atoms with Crippen molar-refractivity contribution in [3.63, 3.8) is 0 Å². The molecular weight excluding hydrogens is 271 g/mol. The Morgan fingerprint density at radius 1 is 1.64 bits per heavy atom. The normalized spacial score (nSPS) is 12.2. The van der Waals surface area contributed by atoms with E-state index in [-0.39, 0.29) is 0 Å². The third-order valence-corrected chi connectivity index (χ3v) is 2.93. The standard InChI is InChI=1S/C9H8BrClO3/c1-5(9(12)13)14-7-4-2-3-6(11)8(7)10/h2-5H,1H3,(H,12,13). The Balaban J connectivity index is 2.87. The van der Waals surface area contributed by atoms with Crippen molar-refractivity contribution in [1.29, 1.82) is 0 Å². The molecule has 1 N–H and O–H groups in total. The summed E-state index contributed by atoms with van der Waals surface area (Å²) in [4.78, 5) is 10.5. The van der Waals surface area contributed by atoms with Crippen LogP contribution in [0.2, 0.25) is 5.02 Å². The summed E-state index contributed by atoms with van der Waals surface area (Å²) in [6, 6.07) is 5.02. The molecule has 0 aliphatic carbocycles. The number of hydrogen-bond donors (Lipinski definition) is 1. The number of halogens is 2. The first-order chi connectivity index (χ1) is 6.52. The summed E-state index contributed by atoms with van der Waals surface area (Å²) in [5.41, 5.74) is 0. The summed E-state index contributed by atoms with van der Waals surface area (Å²) in [7, 11) is 0. The summed E-state index contributed by atoms with van der Waals surface area (Å²) in [6.45, 7) is 1.45. The van der Waals surface area contributed by atoms with E-state index in [4.69, 9.17) is 21.4 Å². The van der Waals surface area contributed by atoms with Gasteiger partial charge >= 0.3 is 5.97 Å². The minimum atomic E-state index is -1.02. The molecule has 76 valence electrons. The van der Waals surface area contributed by atoms with E-state index in [1.165, 1.54) is 6.92 Å². The highest BCUT2D eigenvalue weighted by molar-refractivity contribution is 9.10. The number of carboxylic acid groups (broad SMARTS) is 1. The van der Waals surface area contributed by atoms with Crippen molar-refractivity contribution in [3.05, 3.63) is 27.7 Å². The van der Waals surface area contributed by atoms with Gasteiger partial charge in [-0.3, -0.25) is 0 Å². The molecule has 3 nitrogen and oxygen atoms in total. The van der Waals surface area contributed by atoms with Gasteiger partial charge in [0, 0.05) is 0 Å². The van der Waals surface area contributed by atoms with Gasteiger partial charge in [0.25, 0.3) is 0 Å². The highest BCUT2D eigenvalue weighted by Crippen LogP contribution is 2.32. The van der Waals surface area contributed by atoms with E-state index >= 15 is 0 Å². The molecule has 0 radical (unpaired) electrons. The van der Waals surface area contributed by atoms with Crippen LogP contribution in [-0.2, 0) is 4.79 Å². The summed E-state index contributed by atoms with van der Waals surface area (Å²) in [6.07, 6.45) is -0.898. The highest BCUT2D eigenvalue weighted by atomic mass is 79.9. The first kappa shape index (κ1) is 11.3. The van der Waals surface area contributed by atoms with Crippen LogP contribution in [0.1, 0.15) is 6.92 Å². The lowest BCUT2D eigenvalue weighted by Gasteiger charge is -2.12. The summed E-state index contributed by atoms with van der Waals surface area (Å²) in [5.74, 6) is -0.593. The van der Waals surface area contributed by atoms with E-state index in [0.717, 1.165) is 0 Å². The molecule has 0 amide bonds. The number of carboxylic acids is 1. The van der Waals surface area contributed by atoms with Gasteiger partial charge in [0.1, 0.15) is 5.75 Å². The van der Waals surface area contributed by atoms with Gasteiger partial charge in [-0.15, -0.1) is 0 Å². The lowest BCUT2D eigenvalue weighted by molar-refractivity contribution is -0.144. The van der Waals surface area contributed by atoms with Crippen molar-refractivity contribution in [2.45, 2.75) is 13.0 Å². The van der Waals surface area contributed by atoms with E-state index in [1.54, 1.807) is 18.2 Å². The Kier molecular flexibility index (Phi) is 3.77. The molecule has 0 aromatic heterocycles. The lowest BCUT2D eigenvalue weighted by atomic mass is 10.3. The van der Waals surface area contributed by atoms with Gasteiger partial charge in [-0.05, 0) is 35.0 Å². The van der Waals surface area contributed by atoms with Crippen molar-refractivity contribution in [2.75, 3.05) is 0 Å². The maximum Gasteiger partial charge on any atom is 0.344 e. The fourth-order valence-corrected chi connectivity index (χ4v) is 1.34. The molecule has 0 bridgehead atoms. The quantitative estimate of drug-likeness (QED) is 0.925. The van der Waals surface area contributed by atoms with Crippen LogP contribution in [0.25, 0.3) is 0 Å². The average Bonchev–Trinajstić information content (AvgIpc) is 2.12. The van der Waals surface area contributed by atoms with Crippen molar-refractivity contribution < 1.29 is 14.6 Å². The van der Waals surface area contributed by atoms with E-state index in [1.807, 2.05) is 0 Å². The number of hydrogen-bond acceptors (Lipinski definition) is 2. The Morgan fingerprint density at radius 3 is 2.86 bits per heavy atom. The lowest BCUT2D eigenvalue weighted by Crippen LogP contribution is -2.23. The second kappa shape index (κ2) is 4.66. The molecule has 0 heterocycles. The Hall–Kier alpha value is -0.740. The largest absolute Gasteiger partial charge is 0.479 e. The highest BCUT2D eigenvalue weighted by Gasteiger charge is 2.14. The minimum Gasteiger partial charge on any atom is -0.479 e. The van der Waals surface area contributed by atoms with Crippen molar-refractivity contribution in [3.8, 4) is 5.75 Å². The molecule has 0 fully saturated rings. The fourth-order valence-electron chi connectivity index (χ4n) is 0.816. The zero-order valence-electron chi connectivity index (χ0n) is 7.33. The van der Waals surface area contributed by atoms with Gasteiger partial charge in [-0.1, -0.05) is 17.7 Å². The smallest absolute Gasteiger partial charge is 0.344 e. The predicted molar refractivity (Wildman–Crippen MR) is 56.9 cm³/mol. The predicted octanol–water partition coefficient (Wildman–Crippen LogP) is 2.95. The summed E-state index contributed by atoms with van der Waals surface area (Å²) >= 11 is 9.01. The number of carbonyl (C=O) groups is 1.